The molecule has 0 N–H and O–H groups in total. The van der Waals surface area contributed by atoms with Gasteiger partial charge in [0.2, 0.25) is 0 Å². The first-order valence-electron chi connectivity index (χ1n) is 7.24. The van der Waals surface area contributed by atoms with E-state index < -0.39 is 0 Å². The molecule has 0 saturated carbocycles. The molecule has 0 aromatic heterocycles. The van der Waals surface area contributed by atoms with Gasteiger partial charge in [-0.2, -0.15) is 0 Å². The Morgan fingerprint density at radius 1 is 1.00 bits per heavy atom. The topological polar surface area (TPSA) is 0 Å². The van der Waals surface area contributed by atoms with Crippen LogP contribution in [0.15, 0.2) is 61.2 Å². The van der Waals surface area contributed by atoms with Crippen LogP contribution in [0.3, 0.4) is 0 Å². The fourth-order valence-corrected chi connectivity index (χ4v) is 5.16. The second-order valence-electron chi connectivity index (χ2n) is 4.76. The van der Waals surface area contributed by atoms with Crippen molar-refractivity contribution >= 4 is 30.8 Å². The summed E-state index contributed by atoms with van der Waals surface area (Å²) in [6.45, 7) is 8.06. The molecule has 2 rings (SSSR count). The summed E-state index contributed by atoms with van der Waals surface area (Å²) < 4.78 is 3.15. The quantitative estimate of drug-likeness (QED) is 0.520. The Morgan fingerprint density at radius 3 is 2.15 bits per heavy atom. The van der Waals surface area contributed by atoms with Crippen molar-refractivity contribution in [1.29, 1.82) is 0 Å². The molecule has 0 fully saturated rings. The number of hydrogen-bond acceptors (Lipinski definition) is 0. The molecule has 0 radical (unpaired) electrons. The number of benzene rings is 2. The SMILES string of the molecule is C=Cc1ccccc1.CCC[CH2][Sn+2][c]1ccc(C)cc1. The molecule has 0 saturated heterocycles. The Kier molecular flexibility index (Phi) is 9.14. The minimum absolute atomic E-state index is 0.203. The molecule has 0 atom stereocenters. The summed E-state index contributed by atoms with van der Waals surface area (Å²) >= 11 is -0.203. The Morgan fingerprint density at radius 2 is 1.65 bits per heavy atom. The fraction of sp³-hybridized carbons (Fsp3) is 0.263. The molecule has 0 spiro atoms. The summed E-state index contributed by atoms with van der Waals surface area (Å²) in [6, 6.07) is 19.1. The van der Waals surface area contributed by atoms with Crippen LogP contribution >= 0.6 is 0 Å². The van der Waals surface area contributed by atoms with Crippen LogP contribution in [0.2, 0.25) is 4.44 Å². The predicted octanol–water partition coefficient (Wildman–Crippen LogP) is 4.87. The van der Waals surface area contributed by atoms with Crippen molar-refractivity contribution in [3.8, 4) is 0 Å². The predicted molar refractivity (Wildman–Crippen MR) is 92.8 cm³/mol. The molecule has 20 heavy (non-hydrogen) atoms. The van der Waals surface area contributed by atoms with Crippen LogP contribution in [-0.4, -0.2) is 21.1 Å². The molecule has 0 amide bonds. The second-order valence-corrected chi connectivity index (χ2v) is 8.85. The third-order valence-electron chi connectivity index (χ3n) is 2.95. The van der Waals surface area contributed by atoms with Gasteiger partial charge in [-0.1, -0.05) is 43.0 Å². The van der Waals surface area contributed by atoms with Gasteiger partial charge in [-0.15, -0.1) is 0 Å². The average molecular weight is 371 g/mol. The van der Waals surface area contributed by atoms with Crippen molar-refractivity contribution in [3.05, 3.63) is 72.3 Å². The van der Waals surface area contributed by atoms with E-state index in [-0.39, 0.29) is 21.1 Å². The molecule has 0 nitrogen and oxygen atoms in total. The van der Waals surface area contributed by atoms with Gasteiger partial charge in [0.15, 0.2) is 0 Å². The van der Waals surface area contributed by atoms with E-state index in [0.717, 1.165) is 0 Å². The maximum absolute atomic E-state index is 3.63. The molecule has 0 aliphatic rings. The molecule has 0 bridgehead atoms. The third kappa shape index (κ3) is 7.54. The molecule has 102 valence electrons. The summed E-state index contributed by atoms with van der Waals surface area (Å²) in [4.78, 5) is 0. The zero-order valence-corrected chi connectivity index (χ0v) is 15.5. The van der Waals surface area contributed by atoms with Gasteiger partial charge in [0.1, 0.15) is 0 Å². The first-order chi connectivity index (χ1) is 9.76. The average Bonchev–Trinajstić information content (AvgIpc) is 2.51. The number of hydrogen-bond donors (Lipinski definition) is 0. The molecule has 0 aliphatic heterocycles. The van der Waals surface area contributed by atoms with E-state index in [1.807, 2.05) is 36.4 Å². The Hall–Kier alpha value is -1.02. The third-order valence-corrected chi connectivity index (χ3v) is 6.79. The van der Waals surface area contributed by atoms with Crippen LogP contribution in [0, 0.1) is 6.92 Å². The van der Waals surface area contributed by atoms with E-state index in [4.69, 9.17) is 0 Å². The first kappa shape index (κ1) is 17.0. The number of aryl methyl sites for hydroxylation is 1. The molecule has 0 unspecified atom stereocenters. The van der Waals surface area contributed by atoms with Crippen molar-refractivity contribution < 1.29 is 0 Å². The second kappa shape index (κ2) is 10.7. The van der Waals surface area contributed by atoms with E-state index in [1.165, 1.54) is 28.4 Å². The fourth-order valence-electron chi connectivity index (χ4n) is 1.67. The first-order valence-corrected chi connectivity index (χ1v) is 10.7. The van der Waals surface area contributed by atoms with Crippen LogP contribution in [0.5, 0.6) is 0 Å². The summed E-state index contributed by atoms with van der Waals surface area (Å²) in [5.74, 6) is 0. The Bertz CT molecular complexity index is 471. The summed E-state index contributed by atoms with van der Waals surface area (Å²) in [5, 5.41) is 0. The van der Waals surface area contributed by atoms with Gasteiger partial charge in [0.25, 0.3) is 0 Å². The van der Waals surface area contributed by atoms with Crippen LogP contribution in [0.1, 0.15) is 30.9 Å². The van der Waals surface area contributed by atoms with Crippen LogP contribution in [0.25, 0.3) is 6.08 Å². The number of unbranched alkanes of at least 4 members (excludes halogenated alkanes) is 1. The molecule has 0 heterocycles. The van der Waals surface area contributed by atoms with Crippen LogP contribution < -0.4 is 3.58 Å². The van der Waals surface area contributed by atoms with Crippen molar-refractivity contribution in [2.75, 3.05) is 0 Å². The van der Waals surface area contributed by atoms with Crippen molar-refractivity contribution in [3.63, 3.8) is 0 Å². The van der Waals surface area contributed by atoms with Crippen molar-refractivity contribution in [2.24, 2.45) is 0 Å². The summed E-state index contributed by atoms with van der Waals surface area (Å²) in [7, 11) is 0. The zero-order chi connectivity index (χ0) is 14.6. The van der Waals surface area contributed by atoms with E-state index in [1.54, 1.807) is 3.58 Å². The van der Waals surface area contributed by atoms with Gasteiger partial charge >= 0.3 is 85.7 Å². The number of rotatable bonds is 5. The van der Waals surface area contributed by atoms with E-state index >= 15 is 0 Å². The normalized spacial score (nSPS) is 9.10. The zero-order valence-electron chi connectivity index (χ0n) is 12.6. The molecule has 2 aromatic rings. The van der Waals surface area contributed by atoms with Crippen molar-refractivity contribution in [1.82, 2.24) is 0 Å². The summed E-state index contributed by atoms with van der Waals surface area (Å²) in [6.07, 6.45) is 4.62. The molecule has 2 aromatic carbocycles. The Balaban J connectivity index is 0.000000217. The molecular weight excluding hydrogens is 347 g/mol. The molecule has 1 heteroatoms. The van der Waals surface area contributed by atoms with Gasteiger partial charge in [-0.05, 0) is 5.56 Å². The Labute approximate surface area is 134 Å². The van der Waals surface area contributed by atoms with Gasteiger partial charge < -0.3 is 0 Å². The molecular formula is C19H24Sn+2. The van der Waals surface area contributed by atoms with Gasteiger partial charge in [-0.25, -0.2) is 0 Å². The van der Waals surface area contributed by atoms with Gasteiger partial charge in [0.05, 0.1) is 0 Å². The minimum atomic E-state index is -0.203. The van der Waals surface area contributed by atoms with Crippen LogP contribution in [0.4, 0.5) is 0 Å². The summed E-state index contributed by atoms with van der Waals surface area (Å²) in [5.41, 5.74) is 2.56. The maximum atomic E-state index is 3.63. The van der Waals surface area contributed by atoms with Crippen molar-refractivity contribution in [2.45, 2.75) is 31.1 Å². The van der Waals surface area contributed by atoms with E-state index in [0.29, 0.717) is 0 Å². The van der Waals surface area contributed by atoms with E-state index in [2.05, 4.69) is 44.7 Å². The van der Waals surface area contributed by atoms with Crippen LogP contribution in [-0.2, 0) is 0 Å². The molecule has 0 aliphatic carbocycles. The monoisotopic (exact) mass is 372 g/mol. The van der Waals surface area contributed by atoms with Gasteiger partial charge in [-0.3, -0.25) is 0 Å². The van der Waals surface area contributed by atoms with E-state index in [9.17, 15) is 0 Å². The standard InChI is InChI=1S/C8H8.C7H7.C4H9.Sn/c1-2-8-6-4-3-5-7-8;1-7-5-3-2-4-6-7;1-3-4-2;/h2-7H,1H2;3-6H,1H3;1,3-4H2,2H3;/q;;;+2. The van der Waals surface area contributed by atoms with Gasteiger partial charge in [0, 0.05) is 0 Å².